The second-order valence-corrected chi connectivity index (χ2v) is 9.08. The Kier molecular flexibility index (Phi) is 6.70. The van der Waals surface area contributed by atoms with Crippen molar-refractivity contribution in [3.8, 4) is 0 Å². The molecule has 1 amide bonds. The molecule has 2 aromatic rings. The first kappa shape index (κ1) is 23.2. The molecular formula is C19H19F5N2O4S. The lowest BCUT2D eigenvalue weighted by Gasteiger charge is -2.33. The van der Waals surface area contributed by atoms with Crippen LogP contribution in [-0.2, 0) is 21.4 Å². The van der Waals surface area contributed by atoms with E-state index in [4.69, 9.17) is 4.42 Å². The molecule has 1 aliphatic heterocycles. The normalized spacial score (nSPS) is 16.4. The Morgan fingerprint density at radius 2 is 1.81 bits per heavy atom. The third-order valence-electron chi connectivity index (χ3n) is 4.94. The van der Waals surface area contributed by atoms with Gasteiger partial charge < -0.3 is 9.32 Å². The Balaban J connectivity index is 1.69. The highest BCUT2D eigenvalue weighted by molar-refractivity contribution is 7.89. The molecule has 0 atom stereocenters. The van der Waals surface area contributed by atoms with Crippen molar-refractivity contribution in [2.75, 3.05) is 19.6 Å². The van der Waals surface area contributed by atoms with Crippen LogP contribution in [-0.4, -0.2) is 49.3 Å². The van der Waals surface area contributed by atoms with Crippen LogP contribution in [0.3, 0.4) is 0 Å². The van der Waals surface area contributed by atoms with Crippen LogP contribution in [0.15, 0.2) is 45.9 Å². The van der Waals surface area contributed by atoms with Gasteiger partial charge in [0.2, 0.25) is 15.9 Å². The van der Waals surface area contributed by atoms with Gasteiger partial charge in [0.15, 0.2) is 11.6 Å². The molecule has 0 saturated carbocycles. The number of halogens is 5. The molecule has 0 spiro atoms. The maximum atomic E-state index is 13.4. The van der Waals surface area contributed by atoms with Crippen molar-refractivity contribution in [2.24, 2.45) is 5.92 Å². The quantitative estimate of drug-likeness (QED) is 0.611. The van der Waals surface area contributed by atoms with E-state index in [0.29, 0.717) is 17.0 Å². The number of piperidine rings is 1. The van der Waals surface area contributed by atoms with Crippen LogP contribution in [0.1, 0.15) is 18.6 Å². The lowest BCUT2D eigenvalue weighted by atomic mass is 9.96. The predicted molar refractivity (Wildman–Crippen MR) is 98.0 cm³/mol. The van der Waals surface area contributed by atoms with E-state index in [-0.39, 0.29) is 38.2 Å². The van der Waals surface area contributed by atoms with Gasteiger partial charge in [-0.2, -0.15) is 17.5 Å². The smallest absolute Gasteiger partial charge is 0.406 e. The van der Waals surface area contributed by atoms with Gasteiger partial charge >= 0.3 is 6.18 Å². The zero-order valence-electron chi connectivity index (χ0n) is 16.1. The fraction of sp³-hybridized carbons (Fsp3) is 0.421. The fourth-order valence-electron chi connectivity index (χ4n) is 3.41. The highest BCUT2D eigenvalue weighted by Gasteiger charge is 2.38. The van der Waals surface area contributed by atoms with E-state index in [0.717, 1.165) is 10.4 Å². The van der Waals surface area contributed by atoms with E-state index < -0.39 is 51.1 Å². The molecule has 1 saturated heterocycles. The number of rotatable bonds is 6. The van der Waals surface area contributed by atoms with Gasteiger partial charge in [0, 0.05) is 19.0 Å². The van der Waals surface area contributed by atoms with Gasteiger partial charge in [-0.15, -0.1) is 0 Å². The summed E-state index contributed by atoms with van der Waals surface area (Å²) in [5.74, 6) is -3.88. The van der Waals surface area contributed by atoms with Gasteiger partial charge in [-0.05, 0) is 43.2 Å². The molecule has 6 nitrogen and oxygen atoms in total. The van der Waals surface area contributed by atoms with Crippen LogP contribution in [0.2, 0.25) is 0 Å². The lowest BCUT2D eigenvalue weighted by molar-refractivity contribution is -0.166. The molecule has 3 rings (SSSR count). The number of alkyl halides is 3. The molecule has 1 fully saturated rings. The SMILES string of the molecule is O=C(C1CCN(S(=O)(=O)c2ccc(F)c(F)c2)CC1)N(Cc1ccco1)CC(F)(F)F. The molecule has 1 aromatic heterocycles. The van der Waals surface area contributed by atoms with E-state index in [1.54, 1.807) is 0 Å². The van der Waals surface area contributed by atoms with Crippen molar-refractivity contribution >= 4 is 15.9 Å². The molecule has 0 radical (unpaired) electrons. The number of hydrogen-bond donors (Lipinski definition) is 0. The molecule has 31 heavy (non-hydrogen) atoms. The number of carbonyl (C=O) groups is 1. The second kappa shape index (κ2) is 8.95. The molecule has 0 bridgehead atoms. The van der Waals surface area contributed by atoms with Crippen LogP contribution >= 0.6 is 0 Å². The number of nitrogens with zero attached hydrogens (tertiary/aromatic N) is 2. The van der Waals surface area contributed by atoms with Crippen molar-refractivity contribution in [3.05, 3.63) is 54.0 Å². The number of sulfonamides is 1. The van der Waals surface area contributed by atoms with Crippen molar-refractivity contribution < 1.29 is 39.6 Å². The van der Waals surface area contributed by atoms with Crippen LogP contribution in [0.5, 0.6) is 0 Å². The summed E-state index contributed by atoms with van der Waals surface area (Å²) in [5, 5.41) is 0. The van der Waals surface area contributed by atoms with Crippen molar-refractivity contribution in [3.63, 3.8) is 0 Å². The molecule has 1 aliphatic rings. The van der Waals surface area contributed by atoms with E-state index in [1.807, 2.05) is 0 Å². The molecule has 0 aliphatic carbocycles. The Bertz CT molecular complexity index is 1020. The first-order valence-corrected chi connectivity index (χ1v) is 10.7. The summed E-state index contributed by atoms with van der Waals surface area (Å²) in [6, 6.07) is 5.14. The third-order valence-corrected chi connectivity index (χ3v) is 6.84. The van der Waals surface area contributed by atoms with Crippen LogP contribution in [0.25, 0.3) is 0 Å². The van der Waals surface area contributed by atoms with E-state index in [2.05, 4.69) is 0 Å². The summed E-state index contributed by atoms with van der Waals surface area (Å²) in [6.07, 6.45) is -3.34. The van der Waals surface area contributed by atoms with Gasteiger partial charge in [-0.3, -0.25) is 4.79 Å². The van der Waals surface area contributed by atoms with Crippen LogP contribution in [0, 0.1) is 17.6 Å². The summed E-state index contributed by atoms with van der Waals surface area (Å²) >= 11 is 0. The summed E-state index contributed by atoms with van der Waals surface area (Å²) in [5.41, 5.74) is 0. The summed E-state index contributed by atoms with van der Waals surface area (Å²) in [7, 11) is -4.13. The van der Waals surface area contributed by atoms with Crippen LogP contribution < -0.4 is 0 Å². The van der Waals surface area contributed by atoms with Crippen LogP contribution in [0.4, 0.5) is 22.0 Å². The average Bonchev–Trinajstić information content (AvgIpc) is 3.21. The molecule has 1 aromatic carbocycles. The van der Waals surface area contributed by atoms with Gasteiger partial charge in [0.05, 0.1) is 17.7 Å². The highest BCUT2D eigenvalue weighted by atomic mass is 32.2. The Hall–Kier alpha value is -2.47. The van der Waals surface area contributed by atoms with Crippen molar-refractivity contribution in [1.82, 2.24) is 9.21 Å². The Morgan fingerprint density at radius 1 is 1.13 bits per heavy atom. The summed E-state index contributed by atoms with van der Waals surface area (Å²) in [6.45, 7) is -2.10. The number of furan rings is 1. The van der Waals surface area contributed by atoms with Gasteiger partial charge in [0.25, 0.3) is 0 Å². The third kappa shape index (κ3) is 5.62. The molecule has 0 unspecified atom stereocenters. The zero-order valence-corrected chi connectivity index (χ0v) is 16.9. The fourth-order valence-corrected chi connectivity index (χ4v) is 4.89. The molecule has 12 heteroatoms. The number of benzene rings is 1. The minimum Gasteiger partial charge on any atom is -0.467 e. The predicted octanol–water partition coefficient (Wildman–Crippen LogP) is 3.55. The Labute approximate surface area is 175 Å². The average molecular weight is 466 g/mol. The van der Waals surface area contributed by atoms with E-state index in [9.17, 15) is 35.2 Å². The minimum absolute atomic E-state index is 0.00570. The number of hydrogen-bond acceptors (Lipinski definition) is 4. The van der Waals surface area contributed by atoms with E-state index >= 15 is 0 Å². The Morgan fingerprint density at radius 3 is 2.35 bits per heavy atom. The first-order chi connectivity index (χ1) is 14.5. The minimum atomic E-state index is -4.61. The van der Waals surface area contributed by atoms with Crippen molar-refractivity contribution in [2.45, 2.75) is 30.5 Å². The van der Waals surface area contributed by atoms with E-state index in [1.165, 1.54) is 18.4 Å². The molecule has 0 N–H and O–H groups in total. The largest absolute Gasteiger partial charge is 0.467 e. The number of amides is 1. The zero-order chi connectivity index (χ0) is 22.8. The maximum absolute atomic E-state index is 13.4. The van der Waals surface area contributed by atoms with Gasteiger partial charge in [-0.1, -0.05) is 0 Å². The highest BCUT2D eigenvalue weighted by Crippen LogP contribution is 2.28. The topological polar surface area (TPSA) is 70.8 Å². The van der Waals surface area contributed by atoms with Gasteiger partial charge in [-0.25, -0.2) is 17.2 Å². The lowest BCUT2D eigenvalue weighted by Crippen LogP contribution is -2.46. The monoisotopic (exact) mass is 466 g/mol. The molecular weight excluding hydrogens is 447 g/mol. The standard InChI is InChI=1S/C19H19F5N2O4S/c20-16-4-3-15(10-17(16)21)31(28,29)26-7-5-13(6-8-26)18(27)25(12-19(22,23)24)11-14-2-1-9-30-14/h1-4,9-10,13H,5-8,11-12H2. The van der Waals surface area contributed by atoms with Crippen molar-refractivity contribution in [1.29, 1.82) is 0 Å². The summed E-state index contributed by atoms with van der Waals surface area (Å²) < 4.78 is 96.7. The second-order valence-electron chi connectivity index (χ2n) is 7.14. The first-order valence-electron chi connectivity index (χ1n) is 9.30. The summed E-state index contributed by atoms with van der Waals surface area (Å²) in [4.78, 5) is 12.9. The molecule has 2 heterocycles. The number of carbonyl (C=O) groups excluding carboxylic acids is 1. The maximum Gasteiger partial charge on any atom is 0.406 e. The molecule has 170 valence electrons. The van der Waals surface area contributed by atoms with Gasteiger partial charge in [0.1, 0.15) is 12.3 Å².